The van der Waals surface area contributed by atoms with Gasteiger partial charge in [-0.3, -0.25) is 0 Å². The first-order chi connectivity index (χ1) is 13.9. The summed E-state index contributed by atoms with van der Waals surface area (Å²) in [5, 5.41) is 2.87. The third-order valence-electron chi connectivity index (χ3n) is 6.41. The Bertz CT molecular complexity index is 1140. The maximum atomic E-state index is 2.41. The molecule has 1 aliphatic carbocycles. The Kier molecular flexibility index (Phi) is 8.72. The molecule has 1 aliphatic rings. The van der Waals surface area contributed by atoms with Crippen molar-refractivity contribution in [2.24, 2.45) is 0 Å². The van der Waals surface area contributed by atoms with Gasteiger partial charge in [0.25, 0.3) is 0 Å². The van der Waals surface area contributed by atoms with Crippen LogP contribution in [0.25, 0.3) is 33.0 Å². The molecule has 0 aromatic heterocycles. The van der Waals surface area contributed by atoms with Gasteiger partial charge >= 0.3 is 26.2 Å². The third kappa shape index (κ3) is 4.68. The molecule has 0 aliphatic heterocycles. The van der Waals surface area contributed by atoms with Crippen molar-refractivity contribution >= 4 is 10.8 Å². The SMILES string of the molecule is Cc1cc(C)cc(-c2c3c(c(-c4cc(C)cc(C)c4)c4[cH-]c(C)cc24)CCC3)c1.[Cl-].[Cl-].[Zr+3]. The van der Waals surface area contributed by atoms with E-state index in [9.17, 15) is 0 Å². The monoisotopic (exact) mass is 537 g/mol. The van der Waals surface area contributed by atoms with Gasteiger partial charge in [-0.05, 0) is 52.5 Å². The Morgan fingerprint density at radius 2 is 1.03 bits per heavy atom. The van der Waals surface area contributed by atoms with Crippen LogP contribution in [0.1, 0.15) is 45.4 Å². The molecule has 0 saturated heterocycles. The second kappa shape index (κ2) is 10.3. The third-order valence-corrected chi connectivity index (χ3v) is 6.41. The summed E-state index contributed by atoms with van der Waals surface area (Å²) in [6, 6.07) is 18.9. The van der Waals surface area contributed by atoms with Crippen LogP contribution in [-0.4, -0.2) is 0 Å². The number of aryl methyl sites for hydroxylation is 5. The zero-order chi connectivity index (χ0) is 20.3. The summed E-state index contributed by atoms with van der Waals surface area (Å²) in [5.41, 5.74) is 15.7. The summed E-state index contributed by atoms with van der Waals surface area (Å²) in [4.78, 5) is 0. The van der Waals surface area contributed by atoms with Crippen molar-refractivity contribution < 1.29 is 51.0 Å². The Balaban J connectivity index is 0.00000121. The fourth-order valence-corrected chi connectivity index (χ4v) is 5.58. The molecule has 0 atom stereocenters. The molecular weight excluding hydrogens is 510 g/mol. The molecule has 0 amide bonds. The molecule has 0 bridgehead atoms. The zero-order valence-corrected chi connectivity index (χ0v) is 23.5. The van der Waals surface area contributed by atoms with Crippen molar-refractivity contribution in [1.29, 1.82) is 0 Å². The quantitative estimate of drug-likeness (QED) is 0.342. The molecule has 32 heavy (non-hydrogen) atoms. The second-order valence-electron chi connectivity index (χ2n) is 9.17. The van der Waals surface area contributed by atoms with E-state index in [1.54, 1.807) is 11.1 Å². The van der Waals surface area contributed by atoms with Gasteiger partial charge in [-0.15, -0.1) is 22.4 Å². The van der Waals surface area contributed by atoms with Crippen LogP contribution in [0.4, 0.5) is 0 Å². The maximum Gasteiger partial charge on any atom is 3.00 e. The van der Waals surface area contributed by atoms with Gasteiger partial charge in [0.1, 0.15) is 0 Å². The standard InChI is InChI=1S/C29H29.2ClH.Zr/c1-17-9-18(2)12-22(11-17)28-24-7-6-8-25(24)29(27-16-21(5)15-26(27)28)23-13-19(3)10-20(4)14-23;;;/h9-16H,6-8H2,1-5H3;2*1H;/q-1;;;+3/p-2. The summed E-state index contributed by atoms with van der Waals surface area (Å²) >= 11 is 0. The molecule has 1 radical (unpaired) electrons. The summed E-state index contributed by atoms with van der Waals surface area (Å²) < 4.78 is 0. The molecule has 163 valence electrons. The minimum atomic E-state index is 0. The summed E-state index contributed by atoms with van der Waals surface area (Å²) in [7, 11) is 0. The van der Waals surface area contributed by atoms with Gasteiger partial charge in [0, 0.05) is 0 Å². The van der Waals surface area contributed by atoms with Crippen LogP contribution in [0.5, 0.6) is 0 Å². The number of rotatable bonds is 2. The Hall–Kier alpha value is -1.27. The number of hydrogen-bond donors (Lipinski definition) is 0. The van der Waals surface area contributed by atoms with Crippen LogP contribution in [0.15, 0.2) is 48.5 Å². The van der Waals surface area contributed by atoms with Crippen molar-refractivity contribution in [1.82, 2.24) is 0 Å². The van der Waals surface area contributed by atoms with Crippen molar-refractivity contribution in [3.63, 3.8) is 0 Å². The number of benzene rings is 3. The molecule has 3 heteroatoms. The largest absolute Gasteiger partial charge is 3.00 e. The second-order valence-corrected chi connectivity index (χ2v) is 9.17. The minimum absolute atomic E-state index is 0. The zero-order valence-electron chi connectivity index (χ0n) is 19.5. The van der Waals surface area contributed by atoms with E-state index < -0.39 is 0 Å². The summed E-state index contributed by atoms with van der Waals surface area (Å²) in [6.45, 7) is 11.1. The van der Waals surface area contributed by atoms with Gasteiger partial charge in [0.05, 0.1) is 0 Å². The molecule has 4 aromatic rings. The molecule has 0 fully saturated rings. The predicted octanol–water partition coefficient (Wildman–Crippen LogP) is 1.93. The van der Waals surface area contributed by atoms with E-state index >= 15 is 0 Å². The number of hydrogen-bond acceptors (Lipinski definition) is 0. The molecule has 0 spiro atoms. The van der Waals surface area contributed by atoms with E-state index in [1.807, 2.05) is 0 Å². The van der Waals surface area contributed by atoms with E-state index in [0.29, 0.717) is 0 Å². The van der Waals surface area contributed by atoms with Crippen molar-refractivity contribution in [3.05, 3.63) is 87.5 Å². The van der Waals surface area contributed by atoms with Crippen molar-refractivity contribution in [2.45, 2.75) is 53.9 Å². The van der Waals surface area contributed by atoms with Crippen LogP contribution < -0.4 is 24.8 Å². The molecule has 5 rings (SSSR count). The van der Waals surface area contributed by atoms with E-state index in [0.717, 1.165) is 0 Å². The van der Waals surface area contributed by atoms with Crippen molar-refractivity contribution in [2.75, 3.05) is 0 Å². The Morgan fingerprint density at radius 1 is 0.594 bits per heavy atom. The molecule has 0 saturated carbocycles. The predicted molar refractivity (Wildman–Crippen MR) is 126 cm³/mol. The molecular formula is C29H29Cl2Zr. The van der Waals surface area contributed by atoms with Gasteiger partial charge in [-0.1, -0.05) is 93.4 Å². The number of halogens is 2. The molecule has 0 nitrogen and oxygen atoms in total. The van der Waals surface area contributed by atoms with Gasteiger partial charge in [0.15, 0.2) is 0 Å². The van der Waals surface area contributed by atoms with Crippen LogP contribution in [0, 0.1) is 34.6 Å². The Labute approximate surface area is 224 Å². The molecule has 0 N–H and O–H groups in total. The summed E-state index contributed by atoms with van der Waals surface area (Å²) in [5.74, 6) is 0. The Morgan fingerprint density at radius 3 is 1.53 bits per heavy atom. The smallest absolute Gasteiger partial charge is 1.00 e. The van der Waals surface area contributed by atoms with Crippen LogP contribution >= 0.6 is 0 Å². The van der Waals surface area contributed by atoms with E-state index in [1.165, 1.54) is 80.1 Å². The van der Waals surface area contributed by atoms with E-state index in [-0.39, 0.29) is 51.0 Å². The van der Waals surface area contributed by atoms with Crippen LogP contribution in [0.3, 0.4) is 0 Å². The number of fused-ring (bicyclic) bond motifs is 2. The maximum absolute atomic E-state index is 2.41. The first-order valence-corrected chi connectivity index (χ1v) is 10.8. The average molecular weight is 540 g/mol. The van der Waals surface area contributed by atoms with Crippen LogP contribution in [0.2, 0.25) is 0 Å². The van der Waals surface area contributed by atoms with Gasteiger partial charge < -0.3 is 24.8 Å². The fourth-order valence-electron chi connectivity index (χ4n) is 5.58. The topological polar surface area (TPSA) is 0 Å². The molecule has 0 unspecified atom stereocenters. The van der Waals surface area contributed by atoms with Gasteiger partial charge in [-0.25, -0.2) is 0 Å². The van der Waals surface area contributed by atoms with Gasteiger partial charge in [0.2, 0.25) is 0 Å². The minimum Gasteiger partial charge on any atom is -1.00 e. The summed E-state index contributed by atoms with van der Waals surface area (Å²) in [6.07, 6.45) is 3.64. The molecule has 4 aromatic carbocycles. The van der Waals surface area contributed by atoms with E-state index in [4.69, 9.17) is 0 Å². The van der Waals surface area contributed by atoms with E-state index in [2.05, 4.69) is 83.1 Å². The fraction of sp³-hybridized carbons (Fsp3) is 0.276. The van der Waals surface area contributed by atoms with Crippen LogP contribution in [-0.2, 0) is 39.0 Å². The van der Waals surface area contributed by atoms with Crippen molar-refractivity contribution in [3.8, 4) is 22.3 Å². The first-order valence-electron chi connectivity index (χ1n) is 10.8. The van der Waals surface area contributed by atoms with Gasteiger partial charge in [-0.2, -0.15) is 6.07 Å². The normalized spacial score (nSPS) is 12.0. The first kappa shape index (κ1) is 27.0. The average Bonchev–Trinajstić information content (AvgIpc) is 3.23. The molecule has 0 heterocycles.